The number of nitrogen functional groups attached to an aromatic ring is 1. The normalized spacial score (nSPS) is 9.85. The second kappa shape index (κ2) is 6.18. The van der Waals surface area contributed by atoms with Crippen LogP contribution in [-0.4, -0.2) is 6.61 Å². The molecule has 102 valence electrons. The lowest BCUT2D eigenvalue weighted by Gasteiger charge is -2.14. The van der Waals surface area contributed by atoms with Crippen molar-refractivity contribution in [3.63, 3.8) is 0 Å². The van der Waals surface area contributed by atoms with Gasteiger partial charge in [0.25, 0.3) is 0 Å². The van der Waals surface area contributed by atoms with Gasteiger partial charge in [-0.2, -0.15) is 5.26 Å². The van der Waals surface area contributed by atoms with Crippen LogP contribution in [0.15, 0.2) is 36.4 Å². The minimum atomic E-state index is 0.496. The molecule has 0 heterocycles. The first-order chi connectivity index (χ1) is 9.65. The average molecular weight is 288 g/mol. The lowest BCUT2D eigenvalue weighted by molar-refractivity contribution is 0.342. The van der Waals surface area contributed by atoms with Gasteiger partial charge in [0.1, 0.15) is 11.8 Å². The molecule has 2 aromatic carbocycles. The minimum Gasteiger partial charge on any atom is -0.492 e. The SMILES string of the molecule is CCOc1cccc(Nc2cc(Cl)ccc2C#N)c1N. The van der Waals surface area contributed by atoms with Crippen molar-refractivity contribution < 1.29 is 4.74 Å². The highest BCUT2D eigenvalue weighted by molar-refractivity contribution is 6.30. The summed E-state index contributed by atoms with van der Waals surface area (Å²) in [5.41, 5.74) is 8.32. The molecule has 0 bridgehead atoms. The van der Waals surface area contributed by atoms with E-state index in [0.717, 1.165) is 0 Å². The monoisotopic (exact) mass is 287 g/mol. The van der Waals surface area contributed by atoms with E-state index >= 15 is 0 Å². The first kappa shape index (κ1) is 14.0. The topological polar surface area (TPSA) is 71.1 Å². The Labute approximate surface area is 122 Å². The van der Waals surface area contributed by atoms with Crippen molar-refractivity contribution in [1.29, 1.82) is 5.26 Å². The van der Waals surface area contributed by atoms with E-state index in [4.69, 9.17) is 27.3 Å². The number of halogens is 1. The van der Waals surface area contributed by atoms with Crippen molar-refractivity contribution in [3.8, 4) is 11.8 Å². The number of ether oxygens (including phenoxy) is 1. The van der Waals surface area contributed by atoms with Gasteiger partial charge in [0, 0.05) is 5.02 Å². The van der Waals surface area contributed by atoms with Crippen molar-refractivity contribution in [2.45, 2.75) is 6.92 Å². The van der Waals surface area contributed by atoms with Crippen LogP contribution in [0.4, 0.5) is 17.1 Å². The van der Waals surface area contributed by atoms with Gasteiger partial charge in [-0.3, -0.25) is 0 Å². The number of nitrogens with zero attached hydrogens (tertiary/aromatic N) is 1. The van der Waals surface area contributed by atoms with E-state index in [9.17, 15) is 0 Å². The fourth-order valence-electron chi connectivity index (χ4n) is 1.80. The highest BCUT2D eigenvalue weighted by Gasteiger charge is 2.09. The molecule has 0 aliphatic heterocycles. The maximum Gasteiger partial charge on any atom is 0.144 e. The third kappa shape index (κ3) is 2.95. The van der Waals surface area contributed by atoms with Crippen molar-refractivity contribution in [2.75, 3.05) is 17.7 Å². The predicted molar refractivity (Wildman–Crippen MR) is 81.5 cm³/mol. The summed E-state index contributed by atoms with van der Waals surface area (Å²) < 4.78 is 5.44. The lowest BCUT2D eigenvalue weighted by Crippen LogP contribution is -2.02. The van der Waals surface area contributed by atoms with Gasteiger partial charge in [0.05, 0.1) is 29.2 Å². The van der Waals surface area contributed by atoms with Gasteiger partial charge in [-0.05, 0) is 37.3 Å². The Hall–Kier alpha value is -2.38. The fourth-order valence-corrected chi connectivity index (χ4v) is 1.97. The van der Waals surface area contributed by atoms with Gasteiger partial charge in [-0.25, -0.2) is 0 Å². The van der Waals surface area contributed by atoms with Crippen LogP contribution in [0.1, 0.15) is 12.5 Å². The molecule has 0 aromatic heterocycles. The van der Waals surface area contributed by atoms with Gasteiger partial charge in [0.15, 0.2) is 0 Å². The summed E-state index contributed by atoms with van der Waals surface area (Å²) in [7, 11) is 0. The number of benzene rings is 2. The van der Waals surface area contributed by atoms with Crippen LogP contribution in [0, 0.1) is 11.3 Å². The van der Waals surface area contributed by atoms with E-state index in [2.05, 4.69) is 11.4 Å². The second-order valence-corrected chi connectivity index (χ2v) is 4.51. The molecule has 0 spiro atoms. The van der Waals surface area contributed by atoms with Crippen LogP contribution < -0.4 is 15.8 Å². The number of para-hydroxylation sites is 1. The van der Waals surface area contributed by atoms with Crippen molar-refractivity contribution in [1.82, 2.24) is 0 Å². The number of nitriles is 1. The smallest absolute Gasteiger partial charge is 0.144 e. The molecule has 0 radical (unpaired) electrons. The van der Waals surface area contributed by atoms with Crippen LogP contribution in [0.25, 0.3) is 0 Å². The van der Waals surface area contributed by atoms with Crippen LogP contribution in [0.2, 0.25) is 5.02 Å². The molecule has 0 saturated carbocycles. The van der Waals surface area contributed by atoms with Crippen LogP contribution >= 0.6 is 11.6 Å². The zero-order valence-corrected chi connectivity index (χ0v) is 11.7. The molecule has 5 heteroatoms. The summed E-state index contributed by atoms with van der Waals surface area (Å²) >= 11 is 5.96. The van der Waals surface area contributed by atoms with Gasteiger partial charge in [-0.15, -0.1) is 0 Å². The molecular weight excluding hydrogens is 274 g/mol. The van der Waals surface area contributed by atoms with Gasteiger partial charge >= 0.3 is 0 Å². The highest BCUT2D eigenvalue weighted by atomic mass is 35.5. The first-order valence-electron chi connectivity index (χ1n) is 6.13. The molecule has 4 nitrogen and oxygen atoms in total. The molecule has 0 unspecified atom stereocenters. The maximum absolute atomic E-state index is 9.11. The standard InChI is InChI=1S/C15H14ClN3O/c1-2-20-14-5-3-4-12(15(14)18)19-13-8-11(16)7-6-10(13)9-17/h3-8,19H,2,18H2,1H3. The number of hydrogen-bond acceptors (Lipinski definition) is 4. The summed E-state index contributed by atoms with van der Waals surface area (Å²) in [5, 5.41) is 12.8. The summed E-state index contributed by atoms with van der Waals surface area (Å²) in [6, 6.07) is 12.6. The number of anilines is 3. The summed E-state index contributed by atoms with van der Waals surface area (Å²) in [6.07, 6.45) is 0. The van der Waals surface area contributed by atoms with Crippen molar-refractivity contribution in [3.05, 3.63) is 47.0 Å². The largest absolute Gasteiger partial charge is 0.492 e. The molecule has 0 amide bonds. The zero-order chi connectivity index (χ0) is 14.5. The highest BCUT2D eigenvalue weighted by Crippen LogP contribution is 2.33. The Morgan fingerprint density at radius 1 is 1.30 bits per heavy atom. The van der Waals surface area contributed by atoms with Crippen molar-refractivity contribution in [2.24, 2.45) is 0 Å². The molecule has 2 rings (SSSR count). The number of nitrogens with one attached hydrogen (secondary N) is 1. The van der Waals surface area contributed by atoms with Gasteiger partial charge < -0.3 is 15.8 Å². The Morgan fingerprint density at radius 3 is 2.80 bits per heavy atom. The van der Waals surface area contributed by atoms with E-state index in [-0.39, 0.29) is 0 Å². The van der Waals surface area contributed by atoms with E-state index in [0.29, 0.717) is 40.0 Å². The van der Waals surface area contributed by atoms with E-state index in [1.54, 1.807) is 24.3 Å². The molecular formula is C15H14ClN3O. The molecule has 0 aliphatic rings. The molecule has 0 fully saturated rings. The quantitative estimate of drug-likeness (QED) is 0.836. The predicted octanol–water partition coefficient (Wildman–Crippen LogP) is 3.94. The van der Waals surface area contributed by atoms with E-state index in [1.807, 2.05) is 19.1 Å². The van der Waals surface area contributed by atoms with Crippen LogP contribution in [-0.2, 0) is 0 Å². The Morgan fingerprint density at radius 2 is 2.10 bits per heavy atom. The van der Waals surface area contributed by atoms with Gasteiger partial charge in [0.2, 0.25) is 0 Å². The molecule has 0 atom stereocenters. The average Bonchev–Trinajstić information content (AvgIpc) is 2.44. The van der Waals surface area contributed by atoms with Crippen LogP contribution in [0.5, 0.6) is 5.75 Å². The Kier molecular flexibility index (Phi) is 4.34. The maximum atomic E-state index is 9.11. The number of rotatable bonds is 4. The first-order valence-corrected chi connectivity index (χ1v) is 6.51. The zero-order valence-electron chi connectivity index (χ0n) is 11.0. The lowest BCUT2D eigenvalue weighted by atomic mass is 10.1. The Bertz CT molecular complexity index is 665. The third-order valence-corrected chi connectivity index (χ3v) is 2.97. The molecule has 20 heavy (non-hydrogen) atoms. The Balaban J connectivity index is 2.38. The van der Waals surface area contributed by atoms with Crippen molar-refractivity contribution >= 4 is 28.7 Å². The molecule has 3 N–H and O–H groups in total. The number of hydrogen-bond donors (Lipinski definition) is 2. The third-order valence-electron chi connectivity index (χ3n) is 2.74. The number of nitrogens with two attached hydrogens (primary N) is 1. The summed E-state index contributed by atoms with van der Waals surface area (Å²) in [4.78, 5) is 0. The molecule has 0 aliphatic carbocycles. The van der Waals surface area contributed by atoms with Gasteiger partial charge in [-0.1, -0.05) is 17.7 Å². The second-order valence-electron chi connectivity index (χ2n) is 4.08. The van der Waals surface area contributed by atoms with E-state index in [1.165, 1.54) is 0 Å². The molecule has 0 saturated heterocycles. The summed E-state index contributed by atoms with van der Waals surface area (Å²) in [6.45, 7) is 2.43. The summed E-state index contributed by atoms with van der Waals surface area (Å²) in [5.74, 6) is 0.609. The fraction of sp³-hybridized carbons (Fsp3) is 0.133. The minimum absolute atomic E-state index is 0.496. The molecule has 2 aromatic rings. The van der Waals surface area contributed by atoms with E-state index < -0.39 is 0 Å². The van der Waals surface area contributed by atoms with Crippen LogP contribution in [0.3, 0.4) is 0 Å².